The van der Waals surface area contributed by atoms with E-state index in [4.69, 9.17) is 23.7 Å². The number of aliphatic hydroxyl groups excluding tert-OH is 3. The fourth-order valence-electron chi connectivity index (χ4n) is 4.33. The fourth-order valence-corrected chi connectivity index (χ4v) is 4.33. The molecule has 12 nitrogen and oxygen atoms in total. The number of esters is 1. The Labute approximate surface area is 227 Å². The monoisotopic (exact) mass is 556 g/mol. The number of allylic oxidation sites excluding steroid dienone is 1. The van der Waals surface area contributed by atoms with E-state index in [9.17, 15) is 34.8 Å². The third kappa shape index (κ3) is 6.32. The average Bonchev–Trinajstić information content (AvgIpc) is 3.41. The molecule has 1 aliphatic rings. The number of fused-ring (bicyclic) bond motifs is 1. The predicted molar refractivity (Wildman–Crippen MR) is 138 cm³/mol. The second kappa shape index (κ2) is 12.3. The first-order chi connectivity index (χ1) is 19.1. The summed E-state index contributed by atoms with van der Waals surface area (Å²) >= 11 is 0. The smallest absolute Gasteiger partial charge is 0.306 e. The van der Waals surface area contributed by atoms with Gasteiger partial charge in [0, 0.05) is 17.0 Å². The van der Waals surface area contributed by atoms with Gasteiger partial charge in [0.25, 0.3) is 0 Å². The Kier molecular flexibility index (Phi) is 8.85. The highest BCUT2D eigenvalue weighted by molar-refractivity contribution is 6.09. The molecule has 1 aromatic heterocycles. The fraction of sp³-hybridized carbons (Fsp3) is 0.321. The van der Waals surface area contributed by atoms with Crippen LogP contribution in [0.5, 0.6) is 11.5 Å². The molecule has 2 heterocycles. The van der Waals surface area contributed by atoms with Crippen molar-refractivity contribution in [1.29, 1.82) is 0 Å². The summed E-state index contributed by atoms with van der Waals surface area (Å²) in [6, 6.07) is 9.50. The number of carbonyl (C=O) groups is 3. The van der Waals surface area contributed by atoms with Gasteiger partial charge in [0.05, 0.1) is 31.8 Å². The number of carboxylic acid groups (broad SMARTS) is 1. The van der Waals surface area contributed by atoms with Crippen LogP contribution in [-0.4, -0.2) is 81.4 Å². The molecule has 12 heteroatoms. The normalized spacial score (nSPS) is 22.9. The summed E-state index contributed by atoms with van der Waals surface area (Å²) in [5, 5.41) is 51.7. The number of carboxylic acids is 1. The third-order valence-electron chi connectivity index (χ3n) is 6.49. The van der Waals surface area contributed by atoms with Gasteiger partial charge in [0.2, 0.25) is 0 Å². The quantitative estimate of drug-likeness (QED) is 0.139. The second-order valence-electron chi connectivity index (χ2n) is 9.17. The van der Waals surface area contributed by atoms with Crippen LogP contribution < -0.4 is 4.74 Å². The number of methoxy groups -OCH3 is 1. The van der Waals surface area contributed by atoms with Gasteiger partial charge in [0.15, 0.2) is 5.78 Å². The maximum Gasteiger partial charge on any atom is 0.306 e. The number of aromatic hydroxyl groups is 1. The molecule has 0 radical (unpaired) electrons. The minimum Gasteiger partial charge on any atom is -0.507 e. The number of carbonyl (C=O) groups excluding carboxylic acids is 2. The SMILES string of the molecule is COc1cc(O)c(C(=O)/C=C/c2ccc3occc3c2)cc1C1OC(COC(=O)CCC(=O)O)C(O)C(O)C1O. The molecule has 1 fully saturated rings. The molecule has 5 unspecified atom stereocenters. The molecule has 5 N–H and O–H groups in total. The standard InChI is InChI=1S/C28H28O12/c1-37-21-12-19(30)16(18(29)4-2-14-3-5-20-15(10-14)8-9-38-20)11-17(21)28-27(36)26(35)25(34)22(40-28)13-39-24(33)7-6-23(31)32/h2-5,8-12,22,25-28,30,34-36H,6-7,13H2,1H3,(H,31,32)/b4-2+. The molecule has 40 heavy (non-hydrogen) atoms. The summed E-state index contributed by atoms with van der Waals surface area (Å²) in [7, 11) is 1.29. The van der Waals surface area contributed by atoms with Crippen LogP contribution in [0.3, 0.4) is 0 Å². The summed E-state index contributed by atoms with van der Waals surface area (Å²) < 4.78 is 21.4. The first-order valence-electron chi connectivity index (χ1n) is 12.3. The number of furan rings is 1. The van der Waals surface area contributed by atoms with E-state index in [1.165, 1.54) is 19.3 Å². The minimum atomic E-state index is -1.74. The molecular weight excluding hydrogens is 528 g/mol. The van der Waals surface area contributed by atoms with E-state index in [2.05, 4.69) is 0 Å². The van der Waals surface area contributed by atoms with Gasteiger partial charge in [0.1, 0.15) is 54.2 Å². The molecule has 2 aromatic carbocycles. The highest BCUT2D eigenvalue weighted by Gasteiger charge is 2.46. The Morgan fingerprint density at radius 2 is 1.77 bits per heavy atom. The Bertz CT molecular complexity index is 1420. The summed E-state index contributed by atoms with van der Waals surface area (Å²) in [6.07, 6.45) is -4.27. The number of rotatable bonds is 10. The molecule has 0 amide bonds. The lowest BCUT2D eigenvalue weighted by atomic mass is 9.89. The maximum atomic E-state index is 13.0. The molecule has 0 aliphatic carbocycles. The predicted octanol–water partition coefficient (Wildman–Crippen LogP) is 1.97. The van der Waals surface area contributed by atoms with Crippen LogP contribution in [0.1, 0.15) is 40.4 Å². The van der Waals surface area contributed by atoms with Crippen molar-refractivity contribution in [2.24, 2.45) is 0 Å². The maximum absolute atomic E-state index is 13.0. The van der Waals surface area contributed by atoms with Crippen molar-refractivity contribution >= 4 is 34.8 Å². The molecular formula is C28H28O12. The number of hydrogen-bond donors (Lipinski definition) is 5. The van der Waals surface area contributed by atoms with E-state index < -0.39 is 73.4 Å². The van der Waals surface area contributed by atoms with Gasteiger partial charge in [-0.2, -0.15) is 0 Å². The van der Waals surface area contributed by atoms with Crippen molar-refractivity contribution < 1.29 is 58.5 Å². The molecule has 1 saturated heterocycles. The van der Waals surface area contributed by atoms with E-state index in [1.807, 2.05) is 6.07 Å². The zero-order valence-electron chi connectivity index (χ0n) is 21.3. The summed E-state index contributed by atoms with van der Waals surface area (Å²) in [6.45, 7) is -0.546. The Morgan fingerprint density at radius 1 is 1.00 bits per heavy atom. The van der Waals surface area contributed by atoms with Crippen LogP contribution in [0.2, 0.25) is 0 Å². The molecule has 1 aliphatic heterocycles. The summed E-state index contributed by atoms with van der Waals surface area (Å²) in [4.78, 5) is 35.5. The number of phenolic OH excluding ortho intramolecular Hbond substituents is 1. The van der Waals surface area contributed by atoms with Gasteiger partial charge < -0.3 is 44.2 Å². The number of phenols is 1. The number of ether oxygens (including phenoxy) is 3. The number of aliphatic carboxylic acids is 1. The molecule has 0 bridgehead atoms. The van der Waals surface area contributed by atoms with Crippen molar-refractivity contribution in [2.45, 2.75) is 43.4 Å². The second-order valence-corrected chi connectivity index (χ2v) is 9.17. The lowest BCUT2D eigenvalue weighted by molar-refractivity contribution is -0.234. The lowest BCUT2D eigenvalue weighted by Crippen LogP contribution is -2.55. The van der Waals surface area contributed by atoms with Crippen LogP contribution in [0.25, 0.3) is 17.0 Å². The van der Waals surface area contributed by atoms with Gasteiger partial charge in [-0.15, -0.1) is 0 Å². The van der Waals surface area contributed by atoms with Crippen LogP contribution in [0.4, 0.5) is 0 Å². The van der Waals surface area contributed by atoms with Crippen LogP contribution in [0.15, 0.2) is 53.2 Å². The van der Waals surface area contributed by atoms with Crippen LogP contribution >= 0.6 is 0 Å². The highest BCUT2D eigenvalue weighted by Crippen LogP contribution is 2.40. The van der Waals surface area contributed by atoms with E-state index >= 15 is 0 Å². The van der Waals surface area contributed by atoms with Gasteiger partial charge >= 0.3 is 11.9 Å². The van der Waals surface area contributed by atoms with E-state index in [0.717, 1.165) is 11.5 Å². The van der Waals surface area contributed by atoms with E-state index in [0.29, 0.717) is 11.1 Å². The zero-order chi connectivity index (χ0) is 29.0. The Morgan fingerprint density at radius 3 is 2.50 bits per heavy atom. The summed E-state index contributed by atoms with van der Waals surface area (Å²) in [5.74, 6) is -3.01. The first-order valence-corrected chi connectivity index (χ1v) is 12.3. The van der Waals surface area contributed by atoms with Gasteiger partial charge in [-0.1, -0.05) is 12.1 Å². The number of aliphatic hydroxyl groups is 3. The van der Waals surface area contributed by atoms with Crippen molar-refractivity contribution in [1.82, 2.24) is 0 Å². The van der Waals surface area contributed by atoms with Gasteiger partial charge in [-0.25, -0.2) is 0 Å². The van der Waals surface area contributed by atoms with Crippen molar-refractivity contribution in [3.8, 4) is 11.5 Å². The Balaban J connectivity index is 1.57. The topological polar surface area (TPSA) is 193 Å². The largest absolute Gasteiger partial charge is 0.507 e. The molecule has 3 aromatic rings. The molecule has 0 saturated carbocycles. The van der Waals surface area contributed by atoms with Gasteiger partial charge in [-0.05, 0) is 35.9 Å². The van der Waals surface area contributed by atoms with Crippen molar-refractivity contribution in [3.63, 3.8) is 0 Å². The number of benzene rings is 2. The summed E-state index contributed by atoms with van der Waals surface area (Å²) in [5.41, 5.74) is 1.33. The van der Waals surface area contributed by atoms with Gasteiger partial charge in [-0.3, -0.25) is 14.4 Å². The zero-order valence-corrected chi connectivity index (χ0v) is 21.3. The first kappa shape index (κ1) is 28.8. The lowest BCUT2D eigenvalue weighted by Gasteiger charge is -2.41. The van der Waals surface area contributed by atoms with E-state index in [-0.39, 0.29) is 16.9 Å². The minimum absolute atomic E-state index is 0.0216. The molecule has 0 spiro atoms. The van der Waals surface area contributed by atoms with Crippen LogP contribution in [0, 0.1) is 0 Å². The Hall–Kier alpha value is -4.23. The van der Waals surface area contributed by atoms with Crippen molar-refractivity contribution in [3.05, 3.63) is 65.4 Å². The third-order valence-corrected chi connectivity index (χ3v) is 6.49. The number of ketones is 1. The van der Waals surface area contributed by atoms with E-state index in [1.54, 1.807) is 30.5 Å². The van der Waals surface area contributed by atoms with Crippen LogP contribution in [-0.2, 0) is 19.1 Å². The number of hydrogen-bond acceptors (Lipinski definition) is 11. The molecule has 5 atom stereocenters. The highest BCUT2D eigenvalue weighted by atomic mass is 16.6. The molecule has 212 valence electrons. The molecule has 4 rings (SSSR count). The average molecular weight is 557 g/mol. The van der Waals surface area contributed by atoms with Crippen molar-refractivity contribution in [2.75, 3.05) is 13.7 Å².